The van der Waals surface area contributed by atoms with Crippen LogP contribution in [0.1, 0.15) is 19.8 Å². The van der Waals surface area contributed by atoms with Gasteiger partial charge in [-0.3, -0.25) is 0 Å². The van der Waals surface area contributed by atoms with Crippen LogP contribution >= 0.6 is 0 Å². The fourth-order valence-corrected chi connectivity index (χ4v) is 2.54. The molecule has 0 atom stereocenters. The van der Waals surface area contributed by atoms with Crippen molar-refractivity contribution in [1.29, 1.82) is 0 Å². The highest BCUT2D eigenvalue weighted by molar-refractivity contribution is 7.90. The normalized spacial score (nSPS) is 23.4. The average Bonchev–Trinajstić information content (AvgIpc) is 2.26. The predicted octanol–water partition coefficient (Wildman–Crippen LogP) is 1.46. The average molecular weight is 270 g/mol. The van der Waals surface area contributed by atoms with E-state index in [0.29, 0.717) is 12.1 Å². The summed E-state index contributed by atoms with van der Waals surface area (Å²) >= 11 is 0. The third kappa shape index (κ3) is 3.20. The first kappa shape index (κ1) is 13.3. The van der Waals surface area contributed by atoms with E-state index in [1.807, 2.05) is 6.92 Å². The van der Waals surface area contributed by atoms with Gasteiger partial charge in [-0.15, -0.1) is 0 Å². The largest absolute Gasteiger partial charge is 0.381 e. The van der Waals surface area contributed by atoms with Crippen molar-refractivity contribution in [2.75, 3.05) is 18.2 Å². The van der Waals surface area contributed by atoms with Crippen LogP contribution in [0.15, 0.2) is 23.4 Å². The van der Waals surface area contributed by atoms with E-state index >= 15 is 0 Å². The van der Waals surface area contributed by atoms with Crippen molar-refractivity contribution >= 4 is 15.5 Å². The topological polar surface area (TPSA) is 68.3 Å². The first-order valence-corrected chi connectivity index (χ1v) is 7.92. The zero-order valence-corrected chi connectivity index (χ0v) is 11.4. The maximum atomic E-state index is 11.2. The van der Waals surface area contributed by atoms with Crippen LogP contribution in [0.4, 0.5) is 5.69 Å². The lowest BCUT2D eigenvalue weighted by molar-refractivity contribution is 0.00299. The maximum Gasteiger partial charge on any atom is 0.192 e. The molecule has 1 aliphatic carbocycles. The van der Waals surface area contributed by atoms with Gasteiger partial charge in [0.2, 0.25) is 0 Å². The van der Waals surface area contributed by atoms with E-state index in [1.165, 1.54) is 6.07 Å². The van der Waals surface area contributed by atoms with Crippen LogP contribution in [0.3, 0.4) is 0 Å². The molecule has 0 aliphatic heterocycles. The summed E-state index contributed by atoms with van der Waals surface area (Å²) in [6.07, 6.45) is 5.05. The lowest BCUT2D eigenvalue weighted by atomic mass is 9.89. The van der Waals surface area contributed by atoms with Crippen molar-refractivity contribution in [3.05, 3.63) is 18.3 Å². The number of ether oxygens (including phenoxy) is 1. The van der Waals surface area contributed by atoms with Gasteiger partial charge in [-0.1, -0.05) is 0 Å². The number of aromatic nitrogens is 1. The number of sulfone groups is 1. The smallest absolute Gasteiger partial charge is 0.192 e. The second-order valence-corrected chi connectivity index (χ2v) is 6.51. The van der Waals surface area contributed by atoms with Gasteiger partial charge in [0.05, 0.1) is 18.0 Å². The second-order valence-electron chi connectivity index (χ2n) is 4.55. The quantitative estimate of drug-likeness (QED) is 0.877. The molecule has 5 nitrogen and oxygen atoms in total. The summed E-state index contributed by atoms with van der Waals surface area (Å²) in [5.74, 6) is 0. The SMILES string of the molecule is CCOC1CC(Nc2ccc(S(C)(=O)=O)nc2)C1. The van der Waals surface area contributed by atoms with Gasteiger partial charge in [0.15, 0.2) is 14.9 Å². The third-order valence-corrected chi connectivity index (χ3v) is 3.99. The molecule has 18 heavy (non-hydrogen) atoms. The van der Waals surface area contributed by atoms with Crippen LogP contribution in [-0.4, -0.2) is 38.4 Å². The monoisotopic (exact) mass is 270 g/mol. The van der Waals surface area contributed by atoms with Gasteiger partial charge in [-0.2, -0.15) is 0 Å². The number of anilines is 1. The molecule has 0 bridgehead atoms. The Labute approximate surface area is 107 Å². The Morgan fingerprint density at radius 3 is 2.67 bits per heavy atom. The molecule has 0 spiro atoms. The predicted molar refractivity (Wildman–Crippen MR) is 69.4 cm³/mol. The van der Waals surface area contributed by atoms with E-state index in [0.717, 1.165) is 31.4 Å². The number of rotatable bonds is 5. The van der Waals surface area contributed by atoms with Crippen molar-refractivity contribution < 1.29 is 13.2 Å². The maximum absolute atomic E-state index is 11.2. The van der Waals surface area contributed by atoms with Crippen LogP contribution in [0.2, 0.25) is 0 Å². The summed E-state index contributed by atoms with van der Waals surface area (Å²) in [7, 11) is -3.21. The molecule has 1 aromatic heterocycles. The summed E-state index contributed by atoms with van der Waals surface area (Å²) in [5.41, 5.74) is 0.849. The Balaban J connectivity index is 1.89. The van der Waals surface area contributed by atoms with E-state index in [-0.39, 0.29) is 5.03 Å². The van der Waals surface area contributed by atoms with Gasteiger partial charge >= 0.3 is 0 Å². The third-order valence-electron chi connectivity index (χ3n) is 2.98. The van der Waals surface area contributed by atoms with E-state index < -0.39 is 9.84 Å². The van der Waals surface area contributed by atoms with Gasteiger partial charge in [0.25, 0.3) is 0 Å². The summed E-state index contributed by atoms with van der Waals surface area (Å²) in [6, 6.07) is 3.67. The van der Waals surface area contributed by atoms with E-state index in [9.17, 15) is 8.42 Å². The molecule has 1 heterocycles. The fourth-order valence-electron chi connectivity index (χ4n) is 1.98. The summed E-state index contributed by atoms with van der Waals surface area (Å²) in [4.78, 5) is 3.94. The lowest BCUT2D eigenvalue weighted by Crippen LogP contribution is -2.40. The molecular formula is C12H18N2O3S. The molecule has 1 fully saturated rings. The number of nitrogens with one attached hydrogen (secondary N) is 1. The highest BCUT2D eigenvalue weighted by Crippen LogP contribution is 2.26. The van der Waals surface area contributed by atoms with E-state index in [2.05, 4.69) is 10.3 Å². The minimum atomic E-state index is -3.21. The van der Waals surface area contributed by atoms with E-state index in [1.54, 1.807) is 12.3 Å². The van der Waals surface area contributed by atoms with Crippen LogP contribution in [-0.2, 0) is 14.6 Å². The van der Waals surface area contributed by atoms with Crippen LogP contribution in [0, 0.1) is 0 Å². The molecule has 0 unspecified atom stereocenters. The van der Waals surface area contributed by atoms with Crippen molar-refractivity contribution in [3.8, 4) is 0 Å². The second kappa shape index (κ2) is 5.24. The molecule has 0 amide bonds. The minimum absolute atomic E-state index is 0.105. The zero-order chi connectivity index (χ0) is 13.2. The van der Waals surface area contributed by atoms with Crippen LogP contribution in [0.5, 0.6) is 0 Å². The van der Waals surface area contributed by atoms with Crippen LogP contribution < -0.4 is 5.32 Å². The highest BCUT2D eigenvalue weighted by atomic mass is 32.2. The zero-order valence-electron chi connectivity index (χ0n) is 10.6. The van der Waals surface area contributed by atoms with Gasteiger partial charge in [0.1, 0.15) is 0 Å². The molecule has 1 aromatic rings. The molecule has 2 rings (SSSR count). The standard InChI is InChI=1S/C12H18N2O3S/c1-3-17-11-6-10(7-11)14-9-4-5-12(13-8-9)18(2,15)16/h4-5,8,10-11,14H,3,6-7H2,1-2H3. The Hall–Kier alpha value is -1.14. The highest BCUT2D eigenvalue weighted by Gasteiger charge is 2.29. The molecule has 0 radical (unpaired) electrons. The molecule has 0 saturated heterocycles. The fraction of sp³-hybridized carbons (Fsp3) is 0.583. The number of hydrogen-bond acceptors (Lipinski definition) is 5. The van der Waals surface area contributed by atoms with Crippen molar-refractivity contribution in [1.82, 2.24) is 4.98 Å². The Morgan fingerprint density at radius 2 is 2.17 bits per heavy atom. The first-order chi connectivity index (χ1) is 8.49. The van der Waals surface area contributed by atoms with Gasteiger partial charge in [0, 0.05) is 18.9 Å². The molecule has 1 N–H and O–H groups in total. The number of pyridine rings is 1. The molecular weight excluding hydrogens is 252 g/mol. The van der Waals surface area contributed by atoms with Gasteiger partial charge < -0.3 is 10.1 Å². The minimum Gasteiger partial charge on any atom is -0.381 e. The summed E-state index contributed by atoms with van der Waals surface area (Å²) in [5, 5.41) is 3.41. The van der Waals surface area contributed by atoms with Crippen molar-refractivity contribution in [2.45, 2.75) is 36.9 Å². The molecule has 0 aromatic carbocycles. The lowest BCUT2D eigenvalue weighted by Gasteiger charge is -2.35. The van der Waals surface area contributed by atoms with Gasteiger partial charge in [-0.05, 0) is 31.9 Å². The van der Waals surface area contributed by atoms with Crippen molar-refractivity contribution in [3.63, 3.8) is 0 Å². The van der Waals surface area contributed by atoms with Crippen molar-refractivity contribution in [2.24, 2.45) is 0 Å². The number of hydrogen-bond donors (Lipinski definition) is 1. The van der Waals surface area contributed by atoms with E-state index in [4.69, 9.17) is 4.74 Å². The first-order valence-electron chi connectivity index (χ1n) is 6.03. The van der Waals surface area contributed by atoms with Gasteiger partial charge in [-0.25, -0.2) is 13.4 Å². The summed E-state index contributed by atoms with van der Waals surface area (Å²) in [6.45, 7) is 2.75. The Bertz CT molecular complexity index is 493. The Morgan fingerprint density at radius 1 is 1.44 bits per heavy atom. The van der Waals surface area contributed by atoms with Crippen LogP contribution in [0.25, 0.3) is 0 Å². The molecule has 6 heteroatoms. The molecule has 1 saturated carbocycles. The number of nitrogens with zero attached hydrogens (tertiary/aromatic N) is 1. The molecule has 1 aliphatic rings. The molecule has 100 valence electrons. The summed E-state index contributed by atoms with van der Waals surface area (Å²) < 4.78 is 28.0. The Kier molecular flexibility index (Phi) is 3.87.